The SMILES string of the molecule is C=C(C(=O)OC)c1c(C2CC2)cc2c(c1C)CC(=O)CC2. The first-order valence-corrected chi connectivity index (χ1v) is 7.47. The summed E-state index contributed by atoms with van der Waals surface area (Å²) in [7, 11) is 1.38. The number of methoxy groups -OCH3 is 1. The lowest BCUT2D eigenvalue weighted by atomic mass is 9.81. The number of aryl methyl sites for hydroxylation is 1. The van der Waals surface area contributed by atoms with Crippen molar-refractivity contribution in [3.63, 3.8) is 0 Å². The molecule has 0 N–H and O–H groups in total. The second-order valence-corrected chi connectivity index (χ2v) is 6.06. The van der Waals surface area contributed by atoms with E-state index in [0.29, 0.717) is 24.3 Å². The predicted molar refractivity (Wildman–Crippen MR) is 81.2 cm³/mol. The zero-order valence-electron chi connectivity index (χ0n) is 12.6. The maximum atomic E-state index is 11.9. The van der Waals surface area contributed by atoms with Gasteiger partial charge in [-0.15, -0.1) is 0 Å². The number of rotatable bonds is 3. The molecule has 0 heterocycles. The molecule has 3 nitrogen and oxygen atoms in total. The maximum absolute atomic E-state index is 11.9. The number of benzene rings is 1. The normalized spacial score (nSPS) is 17.3. The van der Waals surface area contributed by atoms with Crippen molar-refractivity contribution in [3.8, 4) is 0 Å². The summed E-state index contributed by atoms with van der Waals surface area (Å²) < 4.78 is 4.84. The zero-order chi connectivity index (χ0) is 15.1. The van der Waals surface area contributed by atoms with Crippen LogP contribution in [-0.2, 0) is 27.2 Å². The quantitative estimate of drug-likeness (QED) is 0.632. The Balaban J connectivity index is 2.16. The van der Waals surface area contributed by atoms with Crippen LogP contribution in [0.15, 0.2) is 12.6 Å². The summed E-state index contributed by atoms with van der Waals surface area (Å²) in [6.45, 7) is 5.94. The highest BCUT2D eigenvalue weighted by atomic mass is 16.5. The van der Waals surface area contributed by atoms with E-state index >= 15 is 0 Å². The summed E-state index contributed by atoms with van der Waals surface area (Å²) in [6.07, 6.45) is 4.26. The summed E-state index contributed by atoms with van der Waals surface area (Å²) >= 11 is 0. The fraction of sp³-hybridized carbons (Fsp3) is 0.444. The minimum absolute atomic E-state index is 0.277. The smallest absolute Gasteiger partial charge is 0.337 e. The molecule has 3 heteroatoms. The van der Waals surface area contributed by atoms with Crippen molar-refractivity contribution in [1.29, 1.82) is 0 Å². The van der Waals surface area contributed by atoms with Gasteiger partial charge in [0, 0.05) is 12.8 Å². The standard InChI is InChI=1S/C18H20O3/c1-10-15-9-14(19)7-6-13(15)8-16(12-4-5-12)17(10)11(2)18(20)21-3/h8,12H,2,4-7,9H2,1,3H3. The van der Waals surface area contributed by atoms with Gasteiger partial charge in [0.15, 0.2) is 0 Å². The molecule has 2 aliphatic carbocycles. The Hall–Kier alpha value is -1.90. The van der Waals surface area contributed by atoms with E-state index in [1.165, 1.54) is 31.1 Å². The first kappa shape index (κ1) is 14.1. The Bertz CT molecular complexity index is 651. The number of ether oxygens (including phenoxy) is 1. The highest BCUT2D eigenvalue weighted by Gasteiger charge is 2.32. The summed E-state index contributed by atoms with van der Waals surface area (Å²) in [5, 5.41) is 0. The molecule has 21 heavy (non-hydrogen) atoms. The molecular weight excluding hydrogens is 264 g/mol. The molecule has 1 fully saturated rings. The monoisotopic (exact) mass is 284 g/mol. The van der Waals surface area contributed by atoms with Crippen LogP contribution in [-0.4, -0.2) is 18.9 Å². The molecular formula is C18H20O3. The number of Topliss-reactive ketones (excluding diaryl/α,β-unsaturated/α-hetero) is 1. The Morgan fingerprint density at radius 1 is 1.33 bits per heavy atom. The van der Waals surface area contributed by atoms with E-state index in [2.05, 4.69) is 12.6 Å². The third-order valence-electron chi connectivity index (χ3n) is 4.63. The van der Waals surface area contributed by atoms with E-state index in [0.717, 1.165) is 23.1 Å². The Morgan fingerprint density at radius 2 is 2.05 bits per heavy atom. The fourth-order valence-corrected chi connectivity index (χ4v) is 3.33. The molecule has 0 unspecified atom stereocenters. The van der Waals surface area contributed by atoms with Gasteiger partial charge in [-0.05, 0) is 59.9 Å². The van der Waals surface area contributed by atoms with E-state index < -0.39 is 0 Å². The molecule has 0 spiro atoms. The minimum atomic E-state index is -0.387. The number of carbonyl (C=O) groups is 2. The van der Waals surface area contributed by atoms with Gasteiger partial charge in [-0.1, -0.05) is 12.6 Å². The lowest BCUT2D eigenvalue weighted by Crippen LogP contribution is -2.17. The fourth-order valence-electron chi connectivity index (χ4n) is 3.33. The van der Waals surface area contributed by atoms with E-state index in [-0.39, 0.29) is 11.8 Å². The maximum Gasteiger partial charge on any atom is 0.337 e. The average Bonchev–Trinajstić information content (AvgIpc) is 3.31. The molecule has 0 bridgehead atoms. The van der Waals surface area contributed by atoms with Gasteiger partial charge in [0.05, 0.1) is 12.7 Å². The Morgan fingerprint density at radius 3 is 2.67 bits per heavy atom. The highest BCUT2D eigenvalue weighted by Crippen LogP contribution is 2.46. The van der Waals surface area contributed by atoms with E-state index in [9.17, 15) is 9.59 Å². The van der Waals surface area contributed by atoms with Crippen LogP contribution in [0.25, 0.3) is 5.57 Å². The van der Waals surface area contributed by atoms with Gasteiger partial charge < -0.3 is 4.74 Å². The Kier molecular flexibility index (Phi) is 3.44. The van der Waals surface area contributed by atoms with Gasteiger partial charge in [-0.25, -0.2) is 4.79 Å². The molecule has 110 valence electrons. The van der Waals surface area contributed by atoms with E-state index in [4.69, 9.17) is 4.74 Å². The van der Waals surface area contributed by atoms with Crippen LogP contribution in [0.5, 0.6) is 0 Å². The second-order valence-electron chi connectivity index (χ2n) is 6.06. The molecule has 1 aromatic rings. The van der Waals surface area contributed by atoms with Gasteiger partial charge >= 0.3 is 5.97 Å². The molecule has 0 amide bonds. The number of esters is 1. The molecule has 0 saturated heterocycles. The van der Waals surface area contributed by atoms with Gasteiger partial charge in [0.2, 0.25) is 0 Å². The van der Waals surface area contributed by atoms with Crippen LogP contribution in [0.3, 0.4) is 0 Å². The first-order valence-electron chi connectivity index (χ1n) is 7.47. The van der Waals surface area contributed by atoms with Crippen LogP contribution in [0.2, 0.25) is 0 Å². The van der Waals surface area contributed by atoms with E-state index in [1.807, 2.05) is 6.92 Å². The molecule has 1 aromatic carbocycles. The summed E-state index contributed by atoms with van der Waals surface area (Å²) in [5.74, 6) is 0.421. The van der Waals surface area contributed by atoms with Crippen molar-refractivity contribution in [2.75, 3.05) is 7.11 Å². The highest BCUT2D eigenvalue weighted by molar-refractivity contribution is 6.16. The third-order valence-corrected chi connectivity index (χ3v) is 4.63. The van der Waals surface area contributed by atoms with Crippen molar-refractivity contribution in [3.05, 3.63) is 40.5 Å². The summed E-state index contributed by atoms with van der Waals surface area (Å²) in [4.78, 5) is 23.7. The van der Waals surface area contributed by atoms with E-state index in [1.54, 1.807) is 0 Å². The van der Waals surface area contributed by atoms with Crippen LogP contribution in [0.4, 0.5) is 0 Å². The Labute approximate surface area is 125 Å². The van der Waals surface area contributed by atoms with Crippen LogP contribution in [0.1, 0.15) is 53.0 Å². The van der Waals surface area contributed by atoms with Crippen molar-refractivity contribution in [2.45, 2.75) is 44.9 Å². The van der Waals surface area contributed by atoms with Crippen molar-refractivity contribution in [2.24, 2.45) is 0 Å². The van der Waals surface area contributed by atoms with Crippen molar-refractivity contribution in [1.82, 2.24) is 0 Å². The van der Waals surface area contributed by atoms with Crippen LogP contribution in [0, 0.1) is 6.92 Å². The molecule has 2 aliphatic rings. The van der Waals surface area contributed by atoms with Crippen LogP contribution < -0.4 is 0 Å². The molecule has 0 radical (unpaired) electrons. The molecule has 3 rings (SSSR count). The number of hydrogen-bond donors (Lipinski definition) is 0. The van der Waals surface area contributed by atoms with Crippen molar-refractivity contribution < 1.29 is 14.3 Å². The average molecular weight is 284 g/mol. The third kappa shape index (κ3) is 2.41. The number of carbonyl (C=O) groups excluding carboxylic acids is 2. The van der Waals surface area contributed by atoms with Crippen LogP contribution >= 0.6 is 0 Å². The second kappa shape index (κ2) is 5.14. The summed E-state index contributed by atoms with van der Waals surface area (Å²) in [6, 6.07) is 2.20. The van der Waals surface area contributed by atoms with Crippen molar-refractivity contribution >= 4 is 17.3 Å². The zero-order valence-corrected chi connectivity index (χ0v) is 12.6. The number of ketones is 1. The molecule has 0 atom stereocenters. The molecule has 0 aromatic heterocycles. The lowest BCUT2D eigenvalue weighted by molar-refractivity contribution is -0.133. The number of hydrogen-bond acceptors (Lipinski definition) is 3. The topological polar surface area (TPSA) is 43.4 Å². The number of fused-ring (bicyclic) bond motifs is 1. The molecule has 1 saturated carbocycles. The van der Waals surface area contributed by atoms with Gasteiger partial charge in [-0.3, -0.25) is 4.79 Å². The lowest BCUT2D eigenvalue weighted by Gasteiger charge is -2.23. The van der Waals surface area contributed by atoms with Gasteiger partial charge in [0.1, 0.15) is 5.78 Å². The minimum Gasteiger partial charge on any atom is -0.465 e. The summed E-state index contributed by atoms with van der Waals surface area (Å²) in [5.41, 5.74) is 5.95. The van der Waals surface area contributed by atoms with Gasteiger partial charge in [-0.2, -0.15) is 0 Å². The first-order chi connectivity index (χ1) is 10.0. The van der Waals surface area contributed by atoms with Gasteiger partial charge in [0.25, 0.3) is 0 Å². The predicted octanol–water partition coefficient (Wildman–Crippen LogP) is 3.12. The largest absolute Gasteiger partial charge is 0.465 e. The molecule has 0 aliphatic heterocycles.